The van der Waals surface area contributed by atoms with E-state index in [2.05, 4.69) is 49.6 Å². The summed E-state index contributed by atoms with van der Waals surface area (Å²) >= 11 is 0. The fourth-order valence-corrected chi connectivity index (χ4v) is 3.98. The first-order valence-electron chi connectivity index (χ1n) is 11.0. The van der Waals surface area contributed by atoms with E-state index in [4.69, 9.17) is 0 Å². The van der Waals surface area contributed by atoms with Gasteiger partial charge < -0.3 is 20.4 Å². The van der Waals surface area contributed by atoms with Crippen LogP contribution in [0.5, 0.6) is 0 Å². The number of nitro benzene ring substituents is 1. The molecule has 1 aliphatic rings. The highest BCUT2D eigenvalue weighted by atomic mass is 16.6. The lowest BCUT2D eigenvalue weighted by atomic mass is 10.0. The van der Waals surface area contributed by atoms with Gasteiger partial charge in [-0.05, 0) is 50.7 Å². The maximum absolute atomic E-state index is 12.8. The van der Waals surface area contributed by atoms with E-state index in [1.165, 1.54) is 24.1 Å². The molecule has 2 heterocycles. The molecule has 0 aliphatic carbocycles. The van der Waals surface area contributed by atoms with Crippen LogP contribution in [0.3, 0.4) is 0 Å². The Kier molecular flexibility index (Phi) is 6.69. The minimum absolute atomic E-state index is 0.0924. The van der Waals surface area contributed by atoms with Gasteiger partial charge in [0.1, 0.15) is 0 Å². The molecule has 2 N–H and O–H groups in total. The van der Waals surface area contributed by atoms with Gasteiger partial charge in [0.15, 0.2) is 0 Å². The van der Waals surface area contributed by atoms with Crippen molar-refractivity contribution in [3.8, 4) is 0 Å². The summed E-state index contributed by atoms with van der Waals surface area (Å²) in [5.41, 5.74) is 3.59. The standard InChI is InChI=1S/C24H27N7O3/c1-16-4-9-21(31(33)34)17(2)22(16)23(32)27-19-14-25-24(26-15-19)28-18-5-7-20(8-6-18)30-12-10-29(3)11-13-30/h4-9,14-15H,10-13H2,1-3H3,(H,27,32)(H,25,26,28). The first-order valence-corrected chi connectivity index (χ1v) is 11.0. The molecule has 0 atom stereocenters. The second-order valence-electron chi connectivity index (χ2n) is 8.37. The number of hydrogen-bond donors (Lipinski definition) is 2. The zero-order valence-corrected chi connectivity index (χ0v) is 19.4. The van der Waals surface area contributed by atoms with Crippen LogP contribution in [0.25, 0.3) is 0 Å². The third-order valence-electron chi connectivity index (χ3n) is 5.97. The number of likely N-dealkylation sites (N-methyl/N-ethyl adjacent to an activating group) is 1. The van der Waals surface area contributed by atoms with E-state index < -0.39 is 10.8 Å². The number of nitro groups is 1. The molecule has 2 aromatic carbocycles. The SMILES string of the molecule is Cc1ccc([N+](=O)[O-])c(C)c1C(=O)Nc1cnc(Nc2ccc(N3CCN(C)CC3)cc2)nc1. The number of aryl methyl sites for hydroxylation is 1. The van der Waals surface area contributed by atoms with E-state index >= 15 is 0 Å². The van der Waals surface area contributed by atoms with Crippen molar-refractivity contribution in [1.29, 1.82) is 0 Å². The van der Waals surface area contributed by atoms with Gasteiger partial charge in [-0.15, -0.1) is 0 Å². The molecule has 176 valence electrons. The summed E-state index contributed by atoms with van der Waals surface area (Å²) in [5, 5.41) is 17.1. The molecule has 1 saturated heterocycles. The van der Waals surface area contributed by atoms with Crippen molar-refractivity contribution in [2.24, 2.45) is 0 Å². The Labute approximate surface area is 197 Å². The molecule has 0 radical (unpaired) electrons. The molecule has 3 aromatic rings. The van der Waals surface area contributed by atoms with E-state index in [1.54, 1.807) is 19.9 Å². The van der Waals surface area contributed by atoms with Crippen molar-refractivity contribution in [3.05, 3.63) is 75.6 Å². The van der Waals surface area contributed by atoms with Gasteiger partial charge in [-0.1, -0.05) is 6.07 Å². The van der Waals surface area contributed by atoms with Crippen LogP contribution in [0.1, 0.15) is 21.5 Å². The van der Waals surface area contributed by atoms with Crippen molar-refractivity contribution in [1.82, 2.24) is 14.9 Å². The minimum Gasteiger partial charge on any atom is -0.369 e. The first-order chi connectivity index (χ1) is 16.3. The molecule has 1 fully saturated rings. The second kappa shape index (κ2) is 9.84. The summed E-state index contributed by atoms with van der Waals surface area (Å²) in [6.45, 7) is 7.43. The average Bonchev–Trinajstić information content (AvgIpc) is 2.81. The average molecular weight is 462 g/mol. The topological polar surface area (TPSA) is 117 Å². The molecular weight excluding hydrogens is 434 g/mol. The third kappa shape index (κ3) is 5.12. The Hall–Kier alpha value is -4.05. The molecule has 0 unspecified atom stereocenters. The Morgan fingerprint density at radius 3 is 2.24 bits per heavy atom. The van der Waals surface area contributed by atoms with E-state index in [0.717, 1.165) is 31.9 Å². The van der Waals surface area contributed by atoms with Crippen LogP contribution in [-0.2, 0) is 0 Å². The van der Waals surface area contributed by atoms with Crippen molar-refractivity contribution >= 4 is 34.6 Å². The predicted octanol–water partition coefficient (Wildman–Crippen LogP) is 3.75. The van der Waals surface area contributed by atoms with Gasteiger partial charge >= 0.3 is 0 Å². The zero-order chi connectivity index (χ0) is 24.2. The second-order valence-corrected chi connectivity index (χ2v) is 8.37. The fraction of sp³-hybridized carbons (Fsp3) is 0.292. The van der Waals surface area contributed by atoms with Crippen molar-refractivity contribution < 1.29 is 9.72 Å². The summed E-state index contributed by atoms with van der Waals surface area (Å²) in [4.78, 5) is 36.7. The van der Waals surface area contributed by atoms with E-state index in [1.807, 2.05) is 12.1 Å². The van der Waals surface area contributed by atoms with Crippen LogP contribution in [0.2, 0.25) is 0 Å². The highest BCUT2D eigenvalue weighted by Crippen LogP contribution is 2.25. The molecule has 1 amide bonds. The fourth-order valence-electron chi connectivity index (χ4n) is 3.98. The Morgan fingerprint density at radius 1 is 0.971 bits per heavy atom. The lowest BCUT2D eigenvalue weighted by molar-refractivity contribution is -0.385. The van der Waals surface area contributed by atoms with E-state index in [-0.39, 0.29) is 11.3 Å². The molecule has 10 heteroatoms. The molecule has 0 saturated carbocycles. The Bertz CT molecular complexity index is 1190. The lowest BCUT2D eigenvalue weighted by Crippen LogP contribution is -2.44. The van der Waals surface area contributed by atoms with Gasteiger partial charge in [-0.25, -0.2) is 9.97 Å². The minimum atomic E-state index is -0.493. The quantitative estimate of drug-likeness (QED) is 0.421. The first kappa shape index (κ1) is 23.1. The summed E-state index contributed by atoms with van der Waals surface area (Å²) in [6.07, 6.45) is 2.99. The third-order valence-corrected chi connectivity index (χ3v) is 5.97. The van der Waals surface area contributed by atoms with Crippen LogP contribution in [0, 0.1) is 24.0 Å². The number of carbonyl (C=O) groups is 1. The molecule has 1 aromatic heterocycles. The zero-order valence-electron chi connectivity index (χ0n) is 19.4. The number of anilines is 4. The Balaban J connectivity index is 1.40. The number of piperazine rings is 1. The normalized spacial score (nSPS) is 14.0. The maximum Gasteiger partial charge on any atom is 0.273 e. The number of nitrogens with zero attached hydrogens (tertiary/aromatic N) is 5. The maximum atomic E-state index is 12.8. The van der Waals surface area contributed by atoms with Gasteiger partial charge in [0.05, 0.1) is 28.6 Å². The predicted molar refractivity (Wildman–Crippen MR) is 132 cm³/mol. The highest BCUT2D eigenvalue weighted by Gasteiger charge is 2.21. The van der Waals surface area contributed by atoms with Crippen molar-refractivity contribution in [3.63, 3.8) is 0 Å². The largest absolute Gasteiger partial charge is 0.369 e. The van der Waals surface area contributed by atoms with Gasteiger partial charge in [0.2, 0.25) is 5.95 Å². The number of hydrogen-bond acceptors (Lipinski definition) is 8. The van der Waals surface area contributed by atoms with Crippen LogP contribution < -0.4 is 15.5 Å². The number of amides is 1. The molecule has 10 nitrogen and oxygen atoms in total. The summed E-state index contributed by atoms with van der Waals surface area (Å²) in [7, 11) is 2.14. The molecule has 34 heavy (non-hydrogen) atoms. The van der Waals surface area contributed by atoms with Crippen LogP contribution in [0.4, 0.5) is 28.7 Å². The summed E-state index contributed by atoms with van der Waals surface area (Å²) in [5.74, 6) is -0.0458. The summed E-state index contributed by atoms with van der Waals surface area (Å²) < 4.78 is 0. The van der Waals surface area contributed by atoms with Gasteiger partial charge in [-0.3, -0.25) is 14.9 Å². The van der Waals surface area contributed by atoms with E-state index in [0.29, 0.717) is 22.8 Å². The number of nitrogens with one attached hydrogen (secondary N) is 2. The number of benzene rings is 2. The van der Waals surface area contributed by atoms with Crippen molar-refractivity contribution in [2.45, 2.75) is 13.8 Å². The van der Waals surface area contributed by atoms with E-state index in [9.17, 15) is 14.9 Å². The monoisotopic (exact) mass is 461 g/mol. The molecule has 0 bridgehead atoms. The Morgan fingerprint density at radius 2 is 1.62 bits per heavy atom. The molecule has 4 rings (SSSR count). The smallest absolute Gasteiger partial charge is 0.273 e. The lowest BCUT2D eigenvalue weighted by Gasteiger charge is -2.34. The van der Waals surface area contributed by atoms with Crippen LogP contribution in [-0.4, -0.2) is 58.9 Å². The van der Waals surface area contributed by atoms with Crippen LogP contribution >= 0.6 is 0 Å². The number of carbonyl (C=O) groups excluding carboxylic acids is 1. The number of rotatable bonds is 6. The molecular formula is C24H27N7O3. The van der Waals surface area contributed by atoms with Gasteiger partial charge in [-0.2, -0.15) is 0 Å². The molecule has 1 aliphatic heterocycles. The van der Waals surface area contributed by atoms with Crippen LogP contribution in [0.15, 0.2) is 48.8 Å². The van der Waals surface area contributed by atoms with Gasteiger partial charge in [0.25, 0.3) is 11.6 Å². The highest BCUT2D eigenvalue weighted by molar-refractivity contribution is 6.06. The van der Waals surface area contributed by atoms with Crippen molar-refractivity contribution in [2.75, 3.05) is 48.8 Å². The number of aromatic nitrogens is 2. The summed E-state index contributed by atoms with van der Waals surface area (Å²) in [6, 6.07) is 11.1. The molecule has 0 spiro atoms. The van der Waals surface area contributed by atoms with Gasteiger partial charge in [0, 0.05) is 49.2 Å².